The van der Waals surface area contributed by atoms with Gasteiger partial charge in [0.05, 0.1) is 27.2 Å². The lowest BCUT2D eigenvalue weighted by atomic mass is 9.79. The van der Waals surface area contributed by atoms with Gasteiger partial charge >= 0.3 is 32.4 Å². The zero-order chi connectivity index (χ0) is 38.9. The molecule has 0 saturated heterocycles. The lowest BCUT2D eigenvalue weighted by Gasteiger charge is -2.19. The van der Waals surface area contributed by atoms with Gasteiger partial charge in [-0.3, -0.25) is 19.2 Å². The molecule has 0 aromatic heterocycles. The maximum atomic E-state index is 14.6. The summed E-state index contributed by atoms with van der Waals surface area (Å²) in [6, 6.07) is 3.08. The molecule has 21 heteroatoms. The van der Waals surface area contributed by atoms with E-state index in [1.807, 2.05) is 0 Å². The molecule has 2 aromatic rings. The molecule has 0 saturated carbocycles. The van der Waals surface area contributed by atoms with Gasteiger partial charge in [0.2, 0.25) is 5.91 Å². The number of benzene rings is 2. The first-order chi connectivity index (χ1) is 23.4. The molecule has 0 aliphatic carbocycles. The van der Waals surface area contributed by atoms with Crippen LogP contribution in [0.25, 0.3) is 0 Å². The molecule has 1 unspecified atom stereocenters. The normalized spacial score (nSPS) is 14.2. The Kier molecular flexibility index (Phi) is 15.3. The van der Waals surface area contributed by atoms with Crippen molar-refractivity contribution >= 4 is 58.5 Å². The van der Waals surface area contributed by atoms with Crippen LogP contribution in [0, 0.1) is 11.8 Å². The topological polar surface area (TPSA) is 231 Å². The molecular weight excluding hydrogens is 713 g/mol. The van der Waals surface area contributed by atoms with Crippen LogP contribution in [-0.2, 0) is 41.0 Å². The number of carbonyl (C=O) groups is 4. The van der Waals surface area contributed by atoms with Gasteiger partial charge in [0.15, 0.2) is 5.78 Å². The van der Waals surface area contributed by atoms with E-state index in [1.54, 1.807) is 0 Å². The molecule has 7 N–H and O–H groups in total. The van der Waals surface area contributed by atoms with Crippen molar-refractivity contribution in [3.63, 3.8) is 0 Å². The Morgan fingerprint density at radius 2 is 1.35 bits per heavy atom. The van der Waals surface area contributed by atoms with Gasteiger partial charge in [0.1, 0.15) is 16.3 Å². The Bertz CT molecular complexity index is 1640. The third-order valence-corrected chi connectivity index (χ3v) is 9.94. The quantitative estimate of drug-likeness (QED) is 0.0618. The Balaban J connectivity index is 2.46. The molecular formula is C30H37B2F5N2O11S. The van der Waals surface area contributed by atoms with Crippen LogP contribution in [-0.4, -0.2) is 85.5 Å². The zero-order valence-electron chi connectivity index (χ0n) is 27.4. The SMILES string of the molecule is C[C@@H](CCCCNC(=O)CC[C@H](CC(=O)CN=S(=O)(c1cc(B(O)O)cc(C(C)(F)F)c1)c1cc(B(O)O)cc(C(F)(F)F)c1)C(=O)O)C(=O)O. The van der Waals surface area contributed by atoms with Crippen molar-refractivity contribution in [2.45, 2.75) is 74.3 Å². The van der Waals surface area contributed by atoms with Crippen molar-refractivity contribution in [1.82, 2.24) is 5.32 Å². The summed E-state index contributed by atoms with van der Waals surface area (Å²) in [6.45, 7) is 0.954. The molecule has 0 fully saturated rings. The third-order valence-electron chi connectivity index (χ3n) is 7.70. The molecule has 0 aliphatic rings. The van der Waals surface area contributed by atoms with Gasteiger partial charge in [-0.05, 0) is 54.5 Å². The van der Waals surface area contributed by atoms with Crippen molar-refractivity contribution in [1.29, 1.82) is 0 Å². The highest BCUT2D eigenvalue weighted by atomic mass is 32.2. The number of carboxylic acids is 2. The van der Waals surface area contributed by atoms with Gasteiger partial charge in [-0.1, -0.05) is 25.5 Å². The Morgan fingerprint density at radius 3 is 1.82 bits per heavy atom. The van der Waals surface area contributed by atoms with Gasteiger partial charge in [0, 0.05) is 31.9 Å². The van der Waals surface area contributed by atoms with E-state index in [1.165, 1.54) is 6.92 Å². The summed E-state index contributed by atoms with van der Waals surface area (Å²) in [6.07, 6.45) is -5.33. The number of unbranched alkanes of at least 4 members (excludes halogenated alkanes) is 1. The largest absolute Gasteiger partial charge is 0.488 e. The Labute approximate surface area is 290 Å². The molecule has 0 spiro atoms. The molecule has 2 rings (SSSR count). The van der Waals surface area contributed by atoms with E-state index in [4.69, 9.17) is 5.11 Å². The minimum Gasteiger partial charge on any atom is -0.481 e. The highest BCUT2D eigenvalue weighted by Crippen LogP contribution is 2.34. The van der Waals surface area contributed by atoms with E-state index in [0.717, 1.165) is 0 Å². The van der Waals surface area contributed by atoms with Gasteiger partial charge in [-0.2, -0.15) is 13.2 Å². The first-order valence-corrected chi connectivity index (χ1v) is 16.9. The van der Waals surface area contributed by atoms with Crippen LogP contribution < -0.4 is 16.2 Å². The summed E-state index contributed by atoms with van der Waals surface area (Å²) in [5, 5.41) is 59.9. The van der Waals surface area contributed by atoms with Gasteiger partial charge in [-0.25, -0.2) is 17.4 Å². The molecule has 13 nitrogen and oxygen atoms in total. The average molecular weight is 750 g/mol. The second kappa shape index (κ2) is 18.0. The lowest BCUT2D eigenvalue weighted by molar-refractivity contribution is -0.144. The minimum absolute atomic E-state index is 0.180. The van der Waals surface area contributed by atoms with Gasteiger partial charge in [0.25, 0.3) is 5.92 Å². The maximum Gasteiger partial charge on any atom is 0.488 e. The fraction of sp³-hybridized carbons (Fsp3) is 0.467. The van der Waals surface area contributed by atoms with E-state index in [9.17, 15) is 70.5 Å². The zero-order valence-corrected chi connectivity index (χ0v) is 28.2. The number of amides is 1. The van der Waals surface area contributed by atoms with Crippen LogP contribution in [0.4, 0.5) is 22.0 Å². The summed E-state index contributed by atoms with van der Waals surface area (Å²) >= 11 is 0. The molecule has 51 heavy (non-hydrogen) atoms. The van der Waals surface area contributed by atoms with Crippen LogP contribution in [0.2, 0.25) is 0 Å². The molecule has 2 aromatic carbocycles. The molecule has 1 amide bonds. The van der Waals surface area contributed by atoms with Crippen molar-refractivity contribution in [3.05, 3.63) is 47.5 Å². The number of hydrogen-bond acceptors (Lipinski definition) is 10. The van der Waals surface area contributed by atoms with E-state index in [2.05, 4.69) is 9.68 Å². The fourth-order valence-electron chi connectivity index (χ4n) is 4.70. The number of carboxylic acid groups (broad SMARTS) is 2. The smallest absolute Gasteiger partial charge is 0.481 e. The van der Waals surface area contributed by atoms with E-state index in [-0.39, 0.29) is 25.5 Å². The summed E-state index contributed by atoms with van der Waals surface area (Å²) < 4.78 is 88.6. The maximum absolute atomic E-state index is 14.6. The summed E-state index contributed by atoms with van der Waals surface area (Å²) in [4.78, 5) is 46.2. The van der Waals surface area contributed by atoms with E-state index in [0.29, 0.717) is 56.5 Å². The van der Waals surface area contributed by atoms with Crippen molar-refractivity contribution in [3.8, 4) is 0 Å². The van der Waals surface area contributed by atoms with E-state index >= 15 is 0 Å². The van der Waals surface area contributed by atoms with Crippen molar-refractivity contribution < 1.29 is 75.6 Å². The molecule has 280 valence electrons. The summed E-state index contributed by atoms with van der Waals surface area (Å²) in [5.74, 6) is -9.82. The highest BCUT2D eigenvalue weighted by Gasteiger charge is 2.35. The predicted octanol–water partition coefficient (Wildman–Crippen LogP) is 1.51. The van der Waals surface area contributed by atoms with Crippen LogP contribution in [0.1, 0.15) is 63.5 Å². The van der Waals surface area contributed by atoms with Crippen LogP contribution in [0.15, 0.2) is 50.6 Å². The third kappa shape index (κ3) is 13.0. The average Bonchev–Trinajstić information content (AvgIpc) is 3.03. The number of nitrogens with zero attached hydrogens (tertiary/aromatic N) is 1. The van der Waals surface area contributed by atoms with Crippen LogP contribution in [0.5, 0.6) is 0 Å². The molecule has 0 radical (unpaired) electrons. The standard InChI is InChI=1S/C30H37B2F5N2O11S/c1-17(27(42)43)5-3-4-8-38-26(41)7-6-18(28(44)45)9-23(40)16-39-51(50,24-12-19(29(2,33)34)10-21(14-24)31(46)47)25-13-20(30(35,36)37)11-22(15-25)32(48)49/h10-15,17-18,46-49H,3-9,16H2,1-2H3,(H,38,41)(H,42,43)(H,44,45)/t17-,18+,51?/m0/s1. The first kappa shape index (κ1) is 43.3. The number of alkyl halides is 5. The first-order valence-electron chi connectivity index (χ1n) is 15.4. The summed E-state index contributed by atoms with van der Waals surface area (Å²) in [7, 11) is -9.64. The molecule has 0 heterocycles. The summed E-state index contributed by atoms with van der Waals surface area (Å²) in [5.41, 5.74) is -4.04. The second-order valence-electron chi connectivity index (χ2n) is 11.9. The Morgan fingerprint density at radius 1 is 0.824 bits per heavy atom. The predicted molar refractivity (Wildman–Crippen MR) is 173 cm³/mol. The van der Waals surface area contributed by atoms with Crippen LogP contribution >= 0.6 is 0 Å². The highest BCUT2D eigenvalue weighted by molar-refractivity contribution is 7.93. The number of nitrogens with one attached hydrogen (secondary N) is 1. The fourth-order valence-corrected chi connectivity index (χ4v) is 6.76. The number of Topliss-reactive ketones (excluding diaryl/α,β-unsaturated/α-hetero) is 1. The molecule has 0 bridgehead atoms. The monoisotopic (exact) mass is 750 g/mol. The van der Waals surface area contributed by atoms with Gasteiger partial charge in [-0.15, -0.1) is 0 Å². The van der Waals surface area contributed by atoms with Crippen LogP contribution in [0.3, 0.4) is 0 Å². The number of rotatable bonds is 19. The number of hydrogen-bond donors (Lipinski definition) is 7. The van der Waals surface area contributed by atoms with Gasteiger partial charge < -0.3 is 35.6 Å². The van der Waals surface area contributed by atoms with Crippen molar-refractivity contribution in [2.24, 2.45) is 16.2 Å². The lowest BCUT2D eigenvalue weighted by Crippen LogP contribution is -2.33. The number of halogens is 5. The van der Waals surface area contributed by atoms with Crippen molar-refractivity contribution in [2.75, 3.05) is 13.1 Å². The second-order valence-corrected chi connectivity index (χ2v) is 14.2. The molecule has 0 aliphatic heterocycles. The molecule has 3 atom stereocenters. The minimum atomic E-state index is -5.17. The number of ketones is 1. The number of aliphatic carboxylic acids is 2. The van der Waals surface area contributed by atoms with E-state index < -0.39 is 116 Å². The number of carbonyl (C=O) groups excluding carboxylic acids is 2. The Hall–Kier alpha value is -3.91.